The minimum atomic E-state index is -0.0189. The quantitative estimate of drug-likeness (QED) is 0.540. The number of aromatic nitrogens is 2. The molecule has 0 radical (unpaired) electrons. The first-order valence-corrected chi connectivity index (χ1v) is 12.9. The molecule has 1 aromatic heterocycles. The van der Waals surface area contributed by atoms with Gasteiger partial charge in [-0.2, -0.15) is 0 Å². The lowest BCUT2D eigenvalue weighted by Gasteiger charge is -2.42. The van der Waals surface area contributed by atoms with Crippen LogP contribution in [-0.2, 0) is 4.79 Å². The van der Waals surface area contributed by atoms with Gasteiger partial charge in [-0.25, -0.2) is 4.98 Å². The number of halogens is 2. The fourth-order valence-corrected chi connectivity index (χ4v) is 5.86. The van der Waals surface area contributed by atoms with Crippen molar-refractivity contribution in [3.63, 3.8) is 0 Å². The highest BCUT2D eigenvalue weighted by Gasteiger charge is 2.32. The normalized spacial score (nSPS) is 22.2. The molecule has 0 unspecified atom stereocenters. The molecule has 0 spiro atoms. The third-order valence-electron chi connectivity index (χ3n) is 7.27. The smallest absolute Gasteiger partial charge is 0.240 e. The molecule has 3 heterocycles. The Morgan fingerprint density at radius 1 is 1.15 bits per heavy atom. The molecule has 5 rings (SSSR count). The third-order valence-corrected chi connectivity index (χ3v) is 7.83. The number of hydrogen-bond acceptors (Lipinski definition) is 4. The van der Waals surface area contributed by atoms with E-state index in [0.29, 0.717) is 10.0 Å². The number of nitrogens with one attached hydrogen (secondary N) is 1. The van der Waals surface area contributed by atoms with Gasteiger partial charge in [0, 0.05) is 41.4 Å². The maximum absolute atomic E-state index is 13.1. The molecule has 2 fully saturated rings. The van der Waals surface area contributed by atoms with E-state index in [1.807, 2.05) is 18.5 Å². The summed E-state index contributed by atoms with van der Waals surface area (Å²) in [6.07, 6.45) is 5.11. The highest BCUT2D eigenvalue weighted by atomic mass is 35.5. The van der Waals surface area contributed by atoms with Gasteiger partial charge in [-0.05, 0) is 69.1 Å². The van der Waals surface area contributed by atoms with E-state index in [1.165, 1.54) is 0 Å². The van der Waals surface area contributed by atoms with Crippen LogP contribution in [0.15, 0.2) is 42.7 Å². The zero-order chi connectivity index (χ0) is 23.8. The Morgan fingerprint density at radius 3 is 2.74 bits per heavy atom. The number of carbonyl (C=O) groups excluding carboxylic acids is 1. The van der Waals surface area contributed by atoms with Crippen LogP contribution in [-0.4, -0.2) is 58.6 Å². The number of amides is 1. The highest BCUT2D eigenvalue weighted by Crippen LogP contribution is 2.32. The number of piperidine rings is 1. The molecule has 34 heavy (non-hydrogen) atoms. The maximum atomic E-state index is 13.1. The summed E-state index contributed by atoms with van der Waals surface area (Å²) in [5.74, 6) is 0.258. The average molecular weight is 500 g/mol. The Labute approximate surface area is 210 Å². The van der Waals surface area contributed by atoms with Crippen molar-refractivity contribution in [1.29, 1.82) is 0 Å². The minimum Gasteiger partial charge on any atom is -0.368 e. The van der Waals surface area contributed by atoms with Crippen molar-refractivity contribution < 1.29 is 4.79 Å². The SMILES string of the molecule is C[C@@H]1CN(c2ccc3ncn([C@H](C)c4ccc(Cl)cc4Cl)c3c2)CCN1C(=O)[C@H]1CCCCN1. The Hall–Kier alpha value is -2.28. The van der Waals surface area contributed by atoms with Gasteiger partial charge in [0.1, 0.15) is 0 Å². The second kappa shape index (κ2) is 9.76. The lowest BCUT2D eigenvalue weighted by Crippen LogP contribution is -2.58. The van der Waals surface area contributed by atoms with Crippen molar-refractivity contribution in [2.75, 3.05) is 31.1 Å². The van der Waals surface area contributed by atoms with Crippen molar-refractivity contribution in [3.05, 3.63) is 58.3 Å². The van der Waals surface area contributed by atoms with Crippen molar-refractivity contribution in [1.82, 2.24) is 19.8 Å². The lowest BCUT2D eigenvalue weighted by molar-refractivity contribution is -0.136. The van der Waals surface area contributed by atoms with Crippen LogP contribution in [0.3, 0.4) is 0 Å². The number of piperazine rings is 1. The summed E-state index contributed by atoms with van der Waals surface area (Å²) in [4.78, 5) is 22.1. The van der Waals surface area contributed by atoms with Gasteiger partial charge in [0.15, 0.2) is 0 Å². The molecular weight excluding hydrogens is 469 g/mol. The van der Waals surface area contributed by atoms with Crippen LogP contribution < -0.4 is 10.2 Å². The summed E-state index contributed by atoms with van der Waals surface area (Å²) < 4.78 is 2.16. The van der Waals surface area contributed by atoms with E-state index in [-0.39, 0.29) is 24.0 Å². The maximum Gasteiger partial charge on any atom is 0.240 e. The standard InChI is InChI=1S/C26H31Cl2N5O/c1-17-15-31(11-12-32(17)26(34)24-5-3-4-10-29-24)20-7-9-23-25(14-20)33(16-30-23)18(2)21-8-6-19(27)13-22(21)28/h6-9,13-14,16-18,24,29H,3-5,10-12,15H2,1-2H3/t17-,18-,24-/m1/s1. The van der Waals surface area contributed by atoms with E-state index in [4.69, 9.17) is 23.2 Å². The number of anilines is 1. The van der Waals surface area contributed by atoms with Gasteiger partial charge in [-0.3, -0.25) is 4.79 Å². The Kier molecular flexibility index (Phi) is 6.74. The predicted octanol–water partition coefficient (Wildman–Crippen LogP) is 5.13. The topological polar surface area (TPSA) is 53.4 Å². The highest BCUT2D eigenvalue weighted by molar-refractivity contribution is 6.35. The molecule has 6 nitrogen and oxygen atoms in total. The monoisotopic (exact) mass is 499 g/mol. The molecule has 1 amide bonds. The number of imidazole rings is 1. The average Bonchev–Trinajstić information content (AvgIpc) is 3.27. The second-order valence-corrected chi connectivity index (χ2v) is 10.3. The van der Waals surface area contributed by atoms with Crippen molar-refractivity contribution in [3.8, 4) is 0 Å². The van der Waals surface area contributed by atoms with E-state index < -0.39 is 0 Å². The number of carbonyl (C=O) groups is 1. The van der Waals surface area contributed by atoms with Crippen LogP contribution in [0.4, 0.5) is 5.69 Å². The van der Waals surface area contributed by atoms with Gasteiger partial charge in [-0.15, -0.1) is 0 Å². The van der Waals surface area contributed by atoms with E-state index in [9.17, 15) is 4.79 Å². The zero-order valence-corrected chi connectivity index (χ0v) is 21.2. The van der Waals surface area contributed by atoms with Crippen LogP contribution in [0.2, 0.25) is 10.0 Å². The van der Waals surface area contributed by atoms with E-state index in [1.54, 1.807) is 6.07 Å². The first-order valence-electron chi connectivity index (χ1n) is 12.1. The lowest BCUT2D eigenvalue weighted by atomic mass is 10.0. The number of nitrogens with zero attached hydrogens (tertiary/aromatic N) is 4. The molecule has 3 atom stereocenters. The van der Waals surface area contributed by atoms with Gasteiger partial charge in [0.25, 0.3) is 0 Å². The molecule has 0 aliphatic carbocycles. The molecule has 1 N–H and O–H groups in total. The second-order valence-electron chi connectivity index (χ2n) is 9.50. The zero-order valence-electron chi connectivity index (χ0n) is 19.7. The van der Waals surface area contributed by atoms with Crippen molar-refractivity contribution >= 4 is 45.8 Å². The molecule has 3 aromatic rings. The molecule has 0 saturated carbocycles. The Balaban J connectivity index is 1.35. The molecular formula is C26H31Cl2N5O. The summed E-state index contributed by atoms with van der Waals surface area (Å²) in [6.45, 7) is 7.59. The minimum absolute atomic E-state index is 0.0152. The molecule has 180 valence electrons. The number of fused-ring (bicyclic) bond motifs is 1. The predicted molar refractivity (Wildman–Crippen MR) is 139 cm³/mol. The van der Waals surface area contributed by atoms with Gasteiger partial charge in [-0.1, -0.05) is 35.7 Å². The van der Waals surface area contributed by atoms with Crippen LogP contribution in [0.25, 0.3) is 11.0 Å². The Bertz CT molecular complexity index is 1190. The summed E-state index contributed by atoms with van der Waals surface area (Å²) in [7, 11) is 0. The number of rotatable bonds is 4. The Morgan fingerprint density at radius 2 is 2.00 bits per heavy atom. The fraction of sp³-hybridized carbons (Fsp3) is 0.462. The van der Waals surface area contributed by atoms with Crippen molar-refractivity contribution in [2.24, 2.45) is 0 Å². The van der Waals surface area contributed by atoms with Crippen LogP contribution in [0.1, 0.15) is 44.7 Å². The van der Waals surface area contributed by atoms with Gasteiger partial charge in [0.05, 0.1) is 29.4 Å². The molecule has 8 heteroatoms. The van der Waals surface area contributed by atoms with Gasteiger partial charge < -0.3 is 19.7 Å². The molecule has 2 aromatic carbocycles. The molecule has 2 saturated heterocycles. The van der Waals surface area contributed by atoms with Crippen LogP contribution in [0.5, 0.6) is 0 Å². The van der Waals surface area contributed by atoms with Crippen molar-refractivity contribution in [2.45, 2.75) is 51.2 Å². The first kappa shape index (κ1) is 23.5. The van der Waals surface area contributed by atoms with Gasteiger partial charge >= 0.3 is 0 Å². The van der Waals surface area contributed by atoms with E-state index >= 15 is 0 Å². The first-order chi connectivity index (χ1) is 16.4. The summed E-state index contributed by atoms with van der Waals surface area (Å²) in [6, 6.07) is 12.2. The largest absolute Gasteiger partial charge is 0.368 e. The molecule has 2 aliphatic heterocycles. The summed E-state index contributed by atoms with van der Waals surface area (Å²) in [5, 5.41) is 4.69. The summed E-state index contributed by atoms with van der Waals surface area (Å²) >= 11 is 12.6. The van der Waals surface area contributed by atoms with Gasteiger partial charge in [0.2, 0.25) is 5.91 Å². The number of hydrogen-bond donors (Lipinski definition) is 1. The summed E-state index contributed by atoms with van der Waals surface area (Å²) in [5.41, 5.74) is 4.17. The van der Waals surface area contributed by atoms with E-state index in [2.05, 4.69) is 56.7 Å². The van der Waals surface area contributed by atoms with E-state index in [0.717, 1.165) is 67.7 Å². The third kappa shape index (κ3) is 4.51. The number of benzene rings is 2. The fourth-order valence-electron chi connectivity index (χ4n) is 5.29. The molecule has 2 aliphatic rings. The molecule has 0 bridgehead atoms. The van der Waals surface area contributed by atoms with Crippen LogP contribution in [0, 0.1) is 0 Å². The van der Waals surface area contributed by atoms with Crippen LogP contribution >= 0.6 is 23.2 Å².